The number of halogens is 2. The van der Waals surface area contributed by atoms with E-state index in [9.17, 15) is 14.0 Å². The van der Waals surface area contributed by atoms with Gasteiger partial charge in [-0.2, -0.15) is 0 Å². The molecule has 0 radical (unpaired) electrons. The zero-order valence-electron chi connectivity index (χ0n) is 17.2. The van der Waals surface area contributed by atoms with Crippen molar-refractivity contribution in [3.63, 3.8) is 0 Å². The first-order valence-electron chi connectivity index (χ1n) is 9.74. The van der Waals surface area contributed by atoms with E-state index < -0.39 is 5.91 Å². The Morgan fingerprint density at radius 2 is 1.90 bits per heavy atom. The standard InChI is InChI=1S/C24H22FIN2O3/c1-14(2)21(29)9-15-4-3-5-19(8-15)31-22-13-28-12-17(23(22)24(27)30)10-16-6-7-18(26)11-20(16)25/h3-8,11-14H,9-10H2,1-2H3,(H2,27,30). The smallest absolute Gasteiger partial charge is 0.252 e. The zero-order chi connectivity index (χ0) is 22.5. The number of hydrogen-bond donors (Lipinski definition) is 1. The van der Waals surface area contributed by atoms with Crippen LogP contribution >= 0.6 is 22.6 Å². The molecule has 2 N–H and O–H groups in total. The zero-order valence-corrected chi connectivity index (χ0v) is 19.4. The number of amides is 1. The quantitative estimate of drug-likeness (QED) is 0.411. The van der Waals surface area contributed by atoms with Crippen LogP contribution in [0.4, 0.5) is 4.39 Å². The van der Waals surface area contributed by atoms with Crippen molar-refractivity contribution in [3.05, 3.63) is 86.5 Å². The third-order valence-electron chi connectivity index (χ3n) is 4.78. The molecule has 0 saturated heterocycles. The molecule has 0 aliphatic carbocycles. The van der Waals surface area contributed by atoms with Crippen molar-refractivity contribution in [2.75, 3.05) is 0 Å². The normalized spacial score (nSPS) is 10.9. The molecule has 0 bridgehead atoms. The van der Waals surface area contributed by atoms with Crippen molar-refractivity contribution in [2.24, 2.45) is 11.7 Å². The van der Waals surface area contributed by atoms with Gasteiger partial charge in [0, 0.05) is 28.5 Å². The summed E-state index contributed by atoms with van der Waals surface area (Å²) in [5, 5.41) is 0. The fourth-order valence-electron chi connectivity index (χ4n) is 3.09. The van der Waals surface area contributed by atoms with Gasteiger partial charge in [0.15, 0.2) is 5.75 Å². The number of pyridine rings is 1. The Kier molecular flexibility index (Phi) is 7.37. The highest BCUT2D eigenvalue weighted by Gasteiger charge is 2.18. The number of Topliss-reactive ketones (excluding diaryl/α,β-unsaturated/α-hetero) is 1. The summed E-state index contributed by atoms with van der Waals surface area (Å²) in [4.78, 5) is 28.4. The van der Waals surface area contributed by atoms with E-state index in [1.54, 1.807) is 30.3 Å². The summed E-state index contributed by atoms with van der Waals surface area (Å²) in [5.74, 6) is -0.355. The first-order chi connectivity index (χ1) is 14.7. The molecule has 1 heterocycles. The number of ketones is 1. The molecule has 2 aromatic carbocycles. The van der Waals surface area contributed by atoms with Gasteiger partial charge in [0.05, 0.1) is 11.8 Å². The van der Waals surface area contributed by atoms with Crippen molar-refractivity contribution in [1.29, 1.82) is 0 Å². The molecule has 0 atom stereocenters. The number of nitrogens with zero attached hydrogens (tertiary/aromatic N) is 1. The average Bonchev–Trinajstić information content (AvgIpc) is 2.70. The van der Waals surface area contributed by atoms with Crippen molar-refractivity contribution >= 4 is 34.3 Å². The number of benzene rings is 2. The van der Waals surface area contributed by atoms with E-state index in [1.807, 2.05) is 42.5 Å². The van der Waals surface area contributed by atoms with Gasteiger partial charge < -0.3 is 10.5 Å². The van der Waals surface area contributed by atoms with Crippen LogP contribution < -0.4 is 10.5 Å². The van der Waals surface area contributed by atoms with E-state index in [2.05, 4.69) is 4.98 Å². The molecule has 3 rings (SSSR count). The van der Waals surface area contributed by atoms with Crippen LogP contribution in [-0.2, 0) is 17.6 Å². The van der Waals surface area contributed by atoms with E-state index in [1.165, 1.54) is 18.5 Å². The van der Waals surface area contributed by atoms with Crippen molar-refractivity contribution in [3.8, 4) is 11.5 Å². The van der Waals surface area contributed by atoms with Crippen LogP contribution in [0.15, 0.2) is 54.9 Å². The lowest BCUT2D eigenvalue weighted by Crippen LogP contribution is -2.16. The van der Waals surface area contributed by atoms with Crippen LogP contribution in [0.5, 0.6) is 11.5 Å². The Bertz CT molecular complexity index is 1130. The predicted molar refractivity (Wildman–Crippen MR) is 125 cm³/mol. The molecule has 0 aliphatic rings. The van der Waals surface area contributed by atoms with E-state index in [0.717, 1.165) is 9.13 Å². The highest BCUT2D eigenvalue weighted by Crippen LogP contribution is 2.29. The number of primary amides is 1. The van der Waals surface area contributed by atoms with Gasteiger partial charge in [0.1, 0.15) is 17.3 Å². The summed E-state index contributed by atoms with van der Waals surface area (Å²) < 4.78 is 21.0. The van der Waals surface area contributed by atoms with Gasteiger partial charge in [-0.15, -0.1) is 0 Å². The summed E-state index contributed by atoms with van der Waals surface area (Å²) in [7, 11) is 0. The summed E-state index contributed by atoms with van der Waals surface area (Å²) in [6.07, 6.45) is 3.33. The number of aromatic nitrogens is 1. The molecule has 3 aromatic rings. The number of ether oxygens (including phenoxy) is 1. The molecule has 7 heteroatoms. The molecule has 160 valence electrons. The second-order valence-corrected chi connectivity index (χ2v) is 8.74. The maximum Gasteiger partial charge on any atom is 0.252 e. The third kappa shape index (κ3) is 5.88. The molecule has 1 amide bonds. The summed E-state index contributed by atoms with van der Waals surface area (Å²) in [6, 6.07) is 12.0. The fourth-order valence-corrected chi connectivity index (χ4v) is 3.55. The van der Waals surface area contributed by atoms with E-state index in [-0.39, 0.29) is 35.3 Å². The minimum atomic E-state index is -0.690. The monoisotopic (exact) mass is 532 g/mol. The van der Waals surface area contributed by atoms with Crippen LogP contribution in [0.3, 0.4) is 0 Å². The van der Waals surface area contributed by atoms with Gasteiger partial charge in [-0.05, 0) is 63.5 Å². The first kappa shape index (κ1) is 22.9. The average molecular weight is 532 g/mol. The van der Waals surface area contributed by atoms with Crippen LogP contribution in [0.25, 0.3) is 0 Å². The molecule has 0 spiro atoms. The van der Waals surface area contributed by atoms with E-state index in [0.29, 0.717) is 23.3 Å². The SMILES string of the molecule is CC(C)C(=O)Cc1cccc(Oc2cncc(Cc3ccc(I)cc3F)c2C(N)=O)c1. The van der Waals surface area contributed by atoms with Crippen molar-refractivity contribution < 1.29 is 18.7 Å². The van der Waals surface area contributed by atoms with Crippen LogP contribution in [0.1, 0.15) is 40.9 Å². The van der Waals surface area contributed by atoms with Gasteiger partial charge >= 0.3 is 0 Å². The lowest BCUT2D eigenvalue weighted by Gasteiger charge is -2.14. The van der Waals surface area contributed by atoms with Gasteiger partial charge in [-0.1, -0.05) is 32.0 Å². The Labute approximate surface area is 194 Å². The van der Waals surface area contributed by atoms with Gasteiger partial charge in [0.25, 0.3) is 5.91 Å². The molecule has 5 nitrogen and oxygen atoms in total. The highest BCUT2D eigenvalue weighted by atomic mass is 127. The Morgan fingerprint density at radius 3 is 2.58 bits per heavy atom. The van der Waals surface area contributed by atoms with Gasteiger partial charge in [-0.3, -0.25) is 14.6 Å². The molecule has 31 heavy (non-hydrogen) atoms. The predicted octanol–water partition coefficient (Wildman–Crippen LogP) is 5.07. The topological polar surface area (TPSA) is 82.3 Å². The molecular formula is C24H22FIN2O3. The maximum atomic E-state index is 14.3. The summed E-state index contributed by atoms with van der Waals surface area (Å²) in [6.45, 7) is 3.71. The fraction of sp³-hybridized carbons (Fsp3) is 0.208. The van der Waals surface area contributed by atoms with Crippen LogP contribution in [0, 0.1) is 15.3 Å². The van der Waals surface area contributed by atoms with Crippen LogP contribution in [0.2, 0.25) is 0 Å². The number of carbonyl (C=O) groups excluding carboxylic acids is 2. The Morgan fingerprint density at radius 1 is 1.13 bits per heavy atom. The number of carbonyl (C=O) groups is 2. The van der Waals surface area contributed by atoms with E-state index >= 15 is 0 Å². The maximum absolute atomic E-state index is 14.3. The second kappa shape index (κ2) is 10.00. The van der Waals surface area contributed by atoms with Crippen molar-refractivity contribution in [2.45, 2.75) is 26.7 Å². The molecule has 1 aromatic heterocycles. The Balaban J connectivity index is 1.91. The number of hydrogen-bond acceptors (Lipinski definition) is 4. The third-order valence-corrected chi connectivity index (χ3v) is 5.45. The van der Waals surface area contributed by atoms with Gasteiger partial charge in [-0.25, -0.2) is 4.39 Å². The molecule has 0 saturated carbocycles. The summed E-state index contributed by atoms with van der Waals surface area (Å²) in [5.41, 5.74) is 7.48. The lowest BCUT2D eigenvalue weighted by atomic mass is 10.00. The van der Waals surface area contributed by atoms with Gasteiger partial charge in [0.2, 0.25) is 0 Å². The molecule has 0 aliphatic heterocycles. The Hall–Kier alpha value is -2.81. The number of rotatable bonds is 8. The summed E-state index contributed by atoms with van der Waals surface area (Å²) >= 11 is 2.03. The van der Waals surface area contributed by atoms with Crippen LogP contribution in [-0.4, -0.2) is 16.7 Å². The molecule has 0 fully saturated rings. The molecular weight excluding hydrogens is 510 g/mol. The highest BCUT2D eigenvalue weighted by molar-refractivity contribution is 14.1. The largest absolute Gasteiger partial charge is 0.455 e. The lowest BCUT2D eigenvalue weighted by molar-refractivity contribution is -0.121. The number of nitrogens with two attached hydrogens (primary N) is 1. The van der Waals surface area contributed by atoms with Crippen molar-refractivity contribution in [1.82, 2.24) is 4.98 Å². The second-order valence-electron chi connectivity index (χ2n) is 7.50. The molecule has 0 unspecified atom stereocenters. The first-order valence-corrected chi connectivity index (χ1v) is 10.8. The minimum Gasteiger partial charge on any atom is -0.455 e. The minimum absolute atomic E-state index is 0.0615. The van der Waals surface area contributed by atoms with E-state index in [4.69, 9.17) is 10.5 Å².